The molecule has 0 saturated heterocycles. The summed E-state index contributed by atoms with van der Waals surface area (Å²) in [5, 5.41) is 15.1. The Hall–Kier alpha value is -4.50. The van der Waals surface area contributed by atoms with Crippen LogP contribution in [0.5, 0.6) is 5.75 Å². The number of nitrogens with zero attached hydrogens (tertiary/aromatic N) is 3. The van der Waals surface area contributed by atoms with Gasteiger partial charge in [-0.25, -0.2) is 0 Å². The molecule has 0 spiro atoms. The molecule has 0 saturated carbocycles. The van der Waals surface area contributed by atoms with Crippen molar-refractivity contribution in [2.24, 2.45) is 0 Å². The maximum atomic E-state index is 12.8. The minimum absolute atomic E-state index is 0.153. The normalized spacial score (nSPS) is 10.9. The molecule has 38 heavy (non-hydrogen) atoms. The molecule has 0 radical (unpaired) electrons. The predicted molar refractivity (Wildman–Crippen MR) is 152 cm³/mol. The third-order valence-corrected chi connectivity index (χ3v) is 6.41. The quantitative estimate of drug-likeness (QED) is 0.258. The van der Waals surface area contributed by atoms with Gasteiger partial charge in [-0.1, -0.05) is 12.1 Å². The van der Waals surface area contributed by atoms with E-state index in [0.29, 0.717) is 17.9 Å². The van der Waals surface area contributed by atoms with Crippen LogP contribution in [0.25, 0.3) is 28.0 Å². The van der Waals surface area contributed by atoms with E-state index in [9.17, 15) is 4.79 Å². The lowest BCUT2D eigenvalue weighted by molar-refractivity contribution is 0.0951. The van der Waals surface area contributed by atoms with Crippen LogP contribution in [0.15, 0.2) is 71.1 Å². The number of amides is 1. The van der Waals surface area contributed by atoms with Gasteiger partial charge < -0.3 is 14.5 Å². The molecule has 2 N–H and O–H groups in total. The number of thiocarbonyl (C=S) groups is 1. The molecule has 2 aromatic heterocycles. The van der Waals surface area contributed by atoms with Crippen LogP contribution in [0.4, 0.5) is 5.69 Å². The standard InChI is InChI=1S/C29H27N5O3S/c1-5-36-22-10-8-21(9-11-22)34-32-24-15-19(4)23(16-25(24)33-34)30-29(38)31-28(35)27-13-12-26(37-27)20-7-6-17(2)18(3)14-20/h6-16H,5H2,1-4H3,(H2,30,31,35,38). The number of hydrogen-bond donors (Lipinski definition) is 2. The number of fused-ring (bicyclic) bond motifs is 1. The second-order valence-corrected chi connectivity index (χ2v) is 9.35. The van der Waals surface area contributed by atoms with E-state index in [2.05, 4.69) is 27.8 Å². The highest BCUT2D eigenvalue weighted by atomic mass is 32.1. The Morgan fingerprint density at radius 1 is 0.921 bits per heavy atom. The molecule has 0 atom stereocenters. The molecule has 2 heterocycles. The van der Waals surface area contributed by atoms with E-state index in [1.54, 1.807) is 16.9 Å². The minimum Gasteiger partial charge on any atom is -0.494 e. The first-order chi connectivity index (χ1) is 18.3. The number of hydrogen-bond acceptors (Lipinski definition) is 6. The first-order valence-corrected chi connectivity index (χ1v) is 12.6. The van der Waals surface area contributed by atoms with Crippen LogP contribution >= 0.6 is 12.2 Å². The van der Waals surface area contributed by atoms with Crippen molar-refractivity contribution < 1.29 is 13.9 Å². The Kier molecular flexibility index (Phi) is 6.93. The molecule has 0 aliphatic rings. The van der Waals surface area contributed by atoms with Crippen molar-refractivity contribution in [1.29, 1.82) is 0 Å². The number of carbonyl (C=O) groups excluding carboxylic acids is 1. The van der Waals surface area contributed by atoms with Crippen molar-refractivity contribution >= 4 is 40.0 Å². The zero-order chi connectivity index (χ0) is 26.8. The Morgan fingerprint density at radius 3 is 2.37 bits per heavy atom. The molecule has 0 bridgehead atoms. The third-order valence-electron chi connectivity index (χ3n) is 6.20. The molecule has 192 valence electrons. The number of carbonyl (C=O) groups is 1. The van der Waals surface area contributed by atoms with Gasteiger partial charge in [0.15, 0.2) is 10.9 Å². The highest BCUT2D eigenvalue weighted by molar-refractivity contribution is 7.80. The number of nitrogens with one attached hydrogen (secondary N) is 2. The average molecular weight is 526 g/mol. The van der Waals surface area contributed by atoms with Crippen molar-refractivity contribution in [3.05, 3.63) is 89.2 Å². The van der Waals surface area contributed by atoms with Gasteiger partial charge in [-0.05, 0) is 111 Å². The summed E-state index contributed by atoms with van der Waals surface area (Å²) in [6, 6.07) is 20.8. The smallest absolute Gasteiger partial charge is 0.293 e. The van der Waals surface area contributed by atoms with E-state index in [4.69, 9.17) is 21.4 Å². The Bertz CT molecular complexity index is 1650. The van der Waals surface area contributed by atoms with Crippen molar-refractivity contribution in [1.82, 2.24) is 20.3 Å². The summed E-state index contributed by atoms with van der Waals surface area (Å²) in [6.07, 6.45) is 0. The number of benzene rings is 3. The van der Waals surface area contributed by atoms with Crippen LogP contribution in [0.1, 0.15) is 34.2 Å². The first kappa shape index (κ1) is 25.2. The monoisotopic (exact) mass is 525 g/mol. The number of aryl methyl sites for hydroxylation is 3. The molecule has 0 aliphatic carbocycles. The number of aromatic nitrogens is 3. The van der Waals surface area contributed by atoms with E-state index in [0.717, 1.165) is 39.3 Å². The molecule has 0 unspecified atom stereocenters. The molecule has 9 heteroatoms. The fraction of sp³-hybridized carbons (Fsp3) is 0.172. The Morgan fingerprint density at radius 2 is 1.66 bits per heavy atom. The number of ether oxygens (including phenoxy) is 1. The lowest BCUT2D eigenvalue weighted by Gasteiger charge is -2.11. The van der Waals surface area contributed by atoms with E-state index in [1.165, 1.54) is 5.56 Å². The van der Waals surface area contributed by atoms with Crippen LogP contribution in [0, 0.1) is 20.8 Å². The van der Waals surface area contributed by atoms with Gasteiger partial charge in [-0.3, -0.25) is 10.1 Å². The minimum atomic E-state index is -0.433. The summed E-state index contributed by atoms with van der Waals surface area (Å²) in [7, 11) is 0. The van der Waals surface area contributed by atoms with Gasteiger partial charge >= 0.3 is 0 Å². The van der Waals surface area contributed by atoms with Crippen molar-refractivity contribution in [2.45, 2.75) is 27.7 Å². The van der Waals surface area contributed by atoms with Gasteiger partial charge in [0, 0.05) is 11.3 Å². The van der Waals surface area contributed by atoms with Gasteiger partial charge in [0.05, 0.1) is 12.3 Å². The van der Waals surface area contributed by atoms with E-state index < -0.39 is 5.91 Å². The largest absolute Gasteiger partial charge is 0.494 e. The Balaban J connectivity index is 1.28. The molecule has 0 fully saturated rings. The van der Waals surface area contributed by atoms with Gasteiger partial charge in [0.1, 0.15) is 22.5 Å². The van der Waals surface area contributed by atoms with Gasteiger partial charge in [0.2, 0.25) is 0 Å². The average Bonchev–Trinajstić information content (AvgIpc) is 3.54. The van der Waals surface area contributed by atoms with Crippen molar-refractivity contribution in [2.75, 3.05) is 11.9 Å². The predicted octanol–water partition coefficient (Wildman–Crippen LogP) is 6.13. The maximum Gasteiger partial charge on any atom is 0.293 e. The summed E-state index contributed by atoms with van der Waals surface area (Å²) in [5.74, 6) is 1.15. The molecular formula is C29H27N5O3S. The fourth-order valence-corrected chi connectivity index (χ4v) is 4.19. The van der Waals surface area contributed by atoms with Crippen LogP contribution in [-0.4, -0.2) is 32.6 Å². The second kappa shape index (κ2) is 10.5. The molecule has 8 nitrogen and oxygen atoms in total. The maximum absolute atomic E-state index is 12.8. The first-order valence-electron chi connectivity index (χ1n) is 12.2. The lowest BCUT2D eigenvalue weighted by atomic mass is 10.1. The Labute approximate surface area is 225 Å². The summed E-state index contributed by atoms with van der Waals surface area (Å²) < 4.78 is 11.3. The van der Waals surface area contributed by atoms with Gasteiger partial charge in [-0.2, -0.15) is 4.80 Å². The fourth-order valence-electron chi connectivity index (χ4n) is 3.99. The van der Waals surface area contributed by atoms with Gasteiger partial charge in [-0.15, -0.1) is 10.2 Å². The third kappa shape index (κ3) is 5.28. The van der Waals surface area contributed by atoms with E-state index in [1.807, 2.05) is 75.4 Å². The zero-order valence-electron chi connectivity index (χ0n) is 21.5. The van der Waals surface area contributed by atoms with Crippen LogP contribution in [-0.2, 0) is 0 Å². The highest BCUT2D eigenvalue weighted by Crippen LogP contribution is 2.25. The lowest BCUT2D eigenvalue weighted by Crippen LogP contribution is -2.34. The number of anilines is 1. The van der Waals surface area contributed by atoms with Crippen LogP contribution in [0.2, 0.25) is 0 Å². The molecule has 5 rings (SSSR count). The summed E-state index contributed by atoms with van der Waals surface area (Å²) in [5.41, 5.74) is 7.13. The van der Waals surface area contributed by atoms with E-state index >= 15 is 0 Å². The summed E-state index contributed by atoms with van der Waals surface area (Å²) in [6.45, 7) is 8.58. The van der Waals surface area contributed by atoms with Crippen molar-refractivity contribution in [3.8, 4) is 22.8 Å². The summed E-state index contributed by atoms with van der Waals surface area (Å²) >= 11 is 5.40. The number of rotatable bonds is 6. The molecule has 1 amide bonds. The molecule has 0 aliphatic heterocycles. The molecule has 3 aromatic carbocycles. The van der Waals surface area contributed by atoms with Crippen molar-refractivity contribution in [3.63, 3.8) is 0 Å². The van der Waals surface area contributed by atoms with Crippen LogP contribution < -0.4 is 15.4 Å². The van der Waals surface area contributed by atoms with Crippen LogP contribution in [0.3, 0.4) is 0 Å². The highest BCUT2D eigenvalue weighted by Gasteiger charge is 2.15. The molecular weight excluding hydrogens is 498 g/mol. The second-order valence-electron chi connectivity index (χ2n) is 8.94. The topological polar surface area (TPSA) is 94.2 Å². The SMILES string of the molecule is CCOc1ccc(-n2nc3cc(C)c(NC(=S)NC(=O)c4ccc(-c5ccc(C)c(C)c5)o4)cc3n2)cc1. The van der Waals surface area contributed by atoms with Gasteiger partial charge in [0.25, 0.3) is 5.91 Å². The van der Waals surface area contributed by atoms with E-state index in [-0.39, 0.29) is 10.9 Å². The summed E-state index contributed by atoms with van der Waals surface area (Å²) in [4.78, 5) is 14.3. The zero-order valence-corrected chi connectivity index (χ0v) is 22.3. The molecule has 5 aromatic rings. The number of furan rings is 1.